The van der Waals surface area contributed by atoms with E-state index in [9.17, 15) is 23.1 Å². The number of rotatable bonds is 3. The second-order valence-electron chi connectivity index (χ2n) is 5.80. The average molecular weight is 352 g/mol. The lowest BCUT2D eigenvalue weighted by Crippen LogP contribution is -2.59. The van der Waals surface area contributed by atoms with E-state index in [0.29, 0.717) is 19.3 Å². The van der Waals surface area contributed by atoms with E-state index in [0.717, 1.165) is 6.07 Å². The van der Waals surface area contributed by atoms with Gasteiger partial charge in [-0.2, -0.15) is 0 Å². The molecule has 1 aliphatic carbocycles. The van der Waals surface area contributed by atoms with E-state index in [1.54, 1.807) is 0 Å². The molecule has 2 N–H and O–H groups in total. The van der Waals surface area contributed by atoms with E-state index in [4.69, 9.17) is 11.6 Å². The molecule has 1 aromatic rings. The monoisotopic (exact) mass is 351 g/mol. The minimum Gasteiger partial charge on any atom is -0.404 e. The topological polar surface area (TPSA) is 58.6 Å². The number of carbonyl (C=O) groups excluding carboxylic acids is 1. The number of ether oxygens (including phenoxy) is 1. The second-order valence-corrected chi connectivity index (χ2v) is 6.21. The van der Waals surface area contributed by atoms with Crippen molar-refractivity contribution in [1.29, 1.82) is 0 Å². The van der Waals surface area contributed by atoms with E-state index in [2.05, 4.69) is 10.1 Å². The van der Waals surface area contributed by atoms with Crippen LogP contribution in [-0.2, 0) is 10.3 Å². The highest BCUT2D eigenvalue weighted by Gasteiger charge is 2.50. The summed E-state index contributed by atoms with van der Waals surface area (Å²) >= 11 is 5.74. The first-order chi connectivity index (χ1) is 10.5. The maximum atomic E-state index is 12.7. The van der Waals surface area contributed by atoms with Crippen LogP contribution in [0.3, 0.4) is 0 Å². The number of ketones is 1. The van der Waals surface area contributed by atoms with Gasteiger partial charge in [-0.05, 0) is 50.9 Å². The molecular weight excluding hydrogens is 335 g/mol. The number of halogens is 4. The van der Waals surface area contributed by atoms with Gasteiger partial charge in [-0.15, -0.1) is 13.2 Å². The molecule has 0 radical (unpaired) electrons. The highest BCUT2D eigenvalue weighted by Crippen LogP contribution is 2.41. The molecule has 1 aliphatic rings. The van der Waals surface area contributed by atoms with E-state index >= 15 is 0 Å². The molecule has 0 aromatic heterocycles. The van der Waals surface area contributed by atoms with Gasteiger partial charge in [0.25, 0.3) is 0 Å². The molecule has 2 atom stereocenters. The predicted molar refractivity (Wildman–Crippen MR) is 78.4 cm³/mol. The summed E-state index contributed by atoms with van der Waals surface area (Å²) in [5.41, 5.74) is -2.56. The van der Waals surface area contributed by atoms with Crippen molar-refractivity contribution in [3.05, 3.63) is 28.8 Å². The number of carbonyl (C=O) groups is 1. The Kier molecular flexibility index (Phi) is 4.67. The minimum absolute atomic E-state index is 0.215. The van der Waals surface area contributed by atoms with Gasteiger partial charge >= 0.3 is 6.36 Å². The lowest BCUT2D eigenvalue weighted by molar-refractivity contribution is -0.274. The number of likely N-dealkylation sites (N-methyl/N-ethyl adjacent to an activating group) is 1. The molecule has 0 heterocycles. The summed E-state index contributed by atoms with van der Waals surface area (Å²) in [6, 6.07) is 3.79. The first kappa shape index (κ1) is 18.0. The van der Waals surface area contributed by atoms with Crippen LogP contribution in [0.5, 0.6) is 5.75 Å². The first-order valence-corrected chi connectivity index (χ1v) is 7.42. The third-order valence-electron chi connectivity index (χ3n) is 4.17. The Morgan fingerprint density at radius 1 is 1.35 bits per heavy atom. The predicted octanol–water partition coefficient (Wildman–Crippen LogP) is 3.16. The summed E-state index contributed by atoms with van der Waals surface area (Å²) in [4.78, 5) is 12.7. The molecule has 2 rings (SSSR count). The molecule has 2 unspecified atom stereocenters. The molecule has 0 spiro atoms. The highest BCUT2D eigenvalue weighted by atomic mass is 35.5. The molecule has 0 bridgehead atoms. The van der Waals surface area contributed by atoms with Crippen molar-refractivity contribution in [2.75, 3.05) is 7.05 Å². The summed E-state index contributed by atoms with van der Waals surface area (Å²) in [5, 5.41) is 12.9. The molecule has 1 saturated carbocycles. The standard InChI is InChI=1S/C15H17ClF3NO3/c1-13(22)6-3-7-14(20-2,12(13)21)9-4-5-10(16)11(8-9)23-15(17,18)19/h4-5,8,20,22H,3,6-7H2,1-2H3. The van der Waals surface area contributed by atoms with Gasteiger partial charge in [0.1, 0.15) is 16.9 Å². The van der Waals surface area contributed by atoms with Gasteiger partial charge in [-0.25, -0.2) is 0 Å². The molecule has 0 aliphatic heterocycles. The number of aliphatic hydroxyl groups is 1. The summed E-state index contributed by atoms with van der Waals surface area (Å²) in [7, 11) is 1.53. The van der Waals surface area contributed by atoms with Crippen LogP contribution in [0.4, 0.5) is 13.2 Å². The summed E-state index contributed by atoms with van der Waals surface area (Å²) < 4.78 is 41.3. The minimum atomic E-state index is -4.89. The van der Waals surface area contributed by atoms with Crippen LogP contribution in [-0.4, -0.2) is 29.9 Å². The maximum Gasteiger partial charge on any atom is 0.573 e. The fourth-order valence-electron chi connectivity index (χ4n) is 3.01. The van der Waals surface area contributed by atoms with E-state index in [1.807, 2.05) is 0 Å². The number of hydrogen-bond donors (Lipinski definition) is 2. The van der Waals surface area contributed by atoms with Gasteiger partial charge in [0.2, 0.25) is 0 Å². The largest absolute Gasteiger partial charge is 0.573 e. The molecule has 0 saturated heterocycles. The normalized spacial score (nSPS) is 28.7. The van der Waals surface area contributed by atoms with Crippen LogP contribution in [0.15, 0.2) is 18.2 Å². The lowest BCUT2D eigenvalue weighted by atomic mass is 9.69. The number of hydrogen-bond acceptors (Lipinski definition) is 4. The van der Waals surface area contributed by atoms with Gasteiger partial charge in [-0.3, -0.25) is 4.79 Å². The molecule has 1 fully saturated rings. The van der Waals surface area contributed by atoms with E-state index < -0.39 is 29.0 Å². The van der Waals surface area contributed by atoms with Gasteiger partial charge in [0.15, 0.2) is 5.78 Å². The summed E-state index contributed by atoms with van der Waals surface area (Å²) in [6.45, 7) is 1.41. The zero-order chi connectivity index (χ0) is 17.5. The Hall–Kier alpha value is -1.31. The second kappa shape index (κ2) is 5.96. The molecule has 1 aromatic carbocycles. The van der Waals surface area contributed by atoms with Gasteiger partial charge in [-0.1, -0.05) is 17.7 Å². The number of Topliss-reactive ketones (excluding diaryl/α,β-unsaturated/α-hetero) is 1. The van der Waals surface area contributed by atoms with Crippen molar-refractivity contribution in [3.8, 4) is 5.75 Å². The zero-order valence-corrected chi connectivity index (χ0v) is 13.4. The Morgan fingerprint density at radius 2 is 2.00 bits per heavy atom. The Labute approximate surface area is 136 Å². The van der Waals surface area contributed by atoms with Crippen LogP contribution in [0.2, 0.25) is 5.02 Å². The first-order valence-electron chi connectivity index (χ1n) is 7.04. The van der Waals surface area contributed by atoms with Crippen LogP contribution >= 0.6 is 11.6 Å². The SMILES string of the molecule is CNC1(c2ccc(Cl)c(OC(F)(F)F)c2)CCCC(C)(O)C1=O. The number of alkyl halides is 3. The number of nitrogens with one attached hydrogen (secondary N) is 1. The van der Waals surface area contributed by atoms with Crippen LogP contribution in [0.1, 0.15) is 31.7 Å². The third kappa shape index (κ3) is 3.46. The van der Waals surface area contributed by atoms with Crippen molar-refractivity contribution in [3.63, 3.8) is 0 Å². The fraction of sp³-hybridized carbons (Fsp3) is 0.533. The molecular formula is C15H17ClF3NO3. The maximum absolute atomic E-state index is 12.7. The van der Waals surface area contributed by atoms with Crippen LogP contribution in [0, 0.1) is 0 Å². The van der Waals surface area contributed by atoms with Gasteiger partial charge < -0.3 is 15.2 Å². The molecule has 0 amide bonds. The van der Waals surface area contributed by atoms with E-state index in [1.165, 1.54) is 26.1 Å². The summed E-state index contributed by atoms with van der Waals surface area (Å²) in [6.07, 6.45) is -3.70. The molecule has 8 heteroatoms. The number of benzene rings is 1. The molecule has 128 valence electrons. The Morgan fingerprint density at radius 3 is 2.57 bits per heavy atom. The molecule has 4 nitrogen and oxygen atoms in total. The van der Waals surface area contributed by atoms with Crippen molar-refractivity contribution in [2.24, 2.45) is 0 Å². The van der Waals surface area contributed by atoms with Gasteiger partial charge in [0.05, 0.1) is 5.02 Å². The van der Waals surface area contributed by atoms with Gasteiger partial charge in [0, 0.05) is 0 Å². The van der Waals surface area contributed by atoms with Crippen molar-refractivity contribution in [1.82, 2.24) is 5.32 Å². The van der Waals surface area contributed by atoms with Crippen LogP contribution in [0.25, 0.3) is 0 Å². The fourth-order valence-corrected chi connectivity index (χ4v) is 3.17. The highest BCUT2D eigenvalue weighted by molar-refractivity contribution is 6.32. The average Bonchev–Trinajstić information content (AvgIpc) is 2.43. The van der Waals surface area contributed by atoms with E-state index in [-0.39, 0.29) is 10.6 Å². The molecule has 23 heavy (non-hydrogen) atoms. The Balaban J connectivity index is 2.50. The third-order valence-corrected chi connectivity index (χ3v) is 4.48. The summed E-state index contributed by atoms with van der Waals surface area (Å²) in [5.74, 6) is -1.07. The van der Waals surface area contributed by atoms with Crippen LogP contribution < -0.4 is 10.1 Å². The smallest absolute Gasteiger partial charge is 0.404 e. The zero-order valence-electron chi connectivity index (χ0n) is 12.6. The van der Waals surface area contributed by atoms with Crippen molar-refractivity contribution in [2.45, 2.75) is 43.7 Å². The van der Waals surface area contributed by atoms with Crippen molar-refractivity contribution >= 4 is 17.4 Å². The Bertz CT molecular complexity index is 618. The quantitative estimate of drug-likeness (QED) is 0.878. The van der Waals surface area contributed by atoms with Crippen molar-refractivity contribution < 1.29 is 27.8 Å². The lowest BCUT2D eigenvalue weighted by Gasteiger charge is -2.42.